The predicted molar refractivity (Wildman–Crippen MR) is 96.2 cm³/mol. The average molecular weight is 351 g/mol. The van der Waals surface area contributed by atoms with Crippen LogP contribution in [0.15, 0.2) is 35.3 Å². The quantitative estimate of drug-likeness (QED) is 0.907. The van der Waals surface area contributed by atoms with E-state index >= 15 is 0 Å². The lowest BCUT2D eigenvalue weighted by molar-refractivity contribution is -0.136. The summed E-state index contributed by atoms with van der Waals surface area (Å²) in [5.41, 5.74) is 5.58. The molecule has 0 radical (unpaired) electrons. The number of amides is 1. The summed E-state index contributed by atoms with van der Waals surface area (Å²) >= 11 is 0. The number of fused-ring (bicyclic) bond motifs is 1. The van der Waals surface area contributed by atoms with Crippen molar-refractivity contribution in [2.45, 2.75) is 32.4 Å². The predicted octanol–water partition coefficient (Wildman–Crippen LogP) is 1.40. The average Bonchev–Trinajstić information content (AvgIpc) is 2.57. The van der Waals surface area contributed by atoms with Gasteiger partial charge in [-0.1, -0.05) is 25.1 Å². The minimum absolute atomic E-state index is 0. The Labute approximate surface area is 147 Å². The molecule has 1 amide bonds. The van der Waals surface area contributed by atoms with Crippen LogP contribution in [0.3, 0.4) is 0 Å². The third-order valence-corrected chi connectivity index (χ3v) is 4.62. The Morgan fingerprint density at radius 2 is 2.12 bits per heavy atom. The fraction of sp³-hybridized carbons (Fsp3) is 0.471. The topological polar surface area (TPSA) is 81.2 Å². The molecule has 6 nitrogen and oxygen atoms in total. The number of nitrogens with two attached hydrogens (primary N) is 1. The Morgan fingerprint density at radius 1 is 1.38 bits per heavy atom. The number of nitrogens with zero attached hydrogens (tertiary/aromatic N) is 3. The summed E-state index contributed by atoms with van der Waals surface area (Å²) in [5.74, 6) is 0.492. The summed E-state index contributed by atoms with van der Waals surface area (Å²) in [6.45, 7) is 3.30. The first-order valence-electron chi connectivity index (χ1n) is 8.04. The van der Waals surface area contributed by atoms with Crippen LogP contribution in [0.1, 0.15) is 19.8 Å². The number of likely N-dealkylation sites (tertiary alicyclic amines) is 1. The molecule has 0 aliphatic carbocycles. The number of rotatable bonds is 3. The Hall–Kier alpha value is -1.92. The third kappa shape index (κ3) is 3.60. The molecule has 1 saturated heterocycles. The molecule has 2 heterocycles. The second-order valence-corrected chi connectivity index (χ2v) is 6.30. The van der Waals surface area contributed by atoms with Crippen LogP contribution in [0, 0.1) is 5.92 Å². The van der Waals surface area contributed by atoms with E-state index in [-0.39, 0.29) is 36.5 Å². The van der Waals surface area contributed by atoms with Crippen LogP contribution in [0.25, 0.3) is 10.8 Å². The number of aromatic nitrogens is 2. The Morgan fingerprint density at radius 3 is 2.88 bits per heavy atom. The van der Waals surface area contributed by atoms with E-state index in [0.29, 0.717) is 24.4 Å². The normalized spacial score (nSPS) is 20.7. The van der Waals surface area contributed by atoms with Gasteiger partial charge in [-0.2, -0.15) is 5.10 Å². The maximum Gasteiger partial charge on any atom is 0.275 e. The smallest absolute Gasteiger partial charge is 0.275 e. The van der Waals surface area contributed by atoms with Crippen molar-refractivity contribution in [3.05, 3.63) is 40.8 Å². The van der Waals surface area contributed by atoms with Gasteiger partial charge in [0.05, 0.1) is 11.6 Å². The number of hydrogen-bond acceptors (Lipinski definition) is 4. The number of carbonyl (C=O) groups is 1. The van der Waals surface area contributed by atoms with Gasteiger partial charge in [-0.3, -0.25) is 9.59 Å². The van der Waals surface area contributed by atoms with E-state index < -0.39 is 0 Å². The molecular weight excluding hydrogens is 328 g/mol. The van der Waals surface area contributed by atoms with Crippen molar-refractivity contribution in [1.82, 2.24) is 14.7 Å². The zero-order valence-corrected chi connectivity index (χ0v) is 14.5. The molecule has 7 heteroatoms. The Balaban J connectivity index is 0.00000208. The number of carbonyl (C=O) groups excluding carboxylic acids is 1. The van der Waals surface area contributed by atoms with Gasteiger partial charge in [0.25, 0.3) is 5.56 Å². The zero-order valence-electron chi connectivity index (χ0n) is 13.7. The summed E-state index contributed by atoms with van der Waals surface area (Å²) in [4.78, 5) is 26.9. The molecule has 2 atom stereocenters. The van der Waals surface area contributed by atoms with Gasteiger partial charge in [-0.15, -0.1) is 12.4 Å². The molecule has 130 valence electrons. The van der Waals surface area contributed by atoms with Crippen molar-refractivity contribution in [1.29, 1.82) is 0 Å². The molecule has 0 bridgehead atoms. The number of hydrogen-bond donors (Lipinski definition) is 1. The molecule has 1 aliphatic heterocycles. The van der Waals surface area contributed by atoms with Gasteiger partial charge in [-0.05, 0) is 24.8 Å². The molecule has 24 heavy (non-hydrogen) atoms. The van der Waals surface area contributed by atoms with Crippen molar-refractivity contribution >= 4 is 29.1 Å². The fourth-order valence-corrected chi connectivity index (χ4v) is 3.26. The van der Waals surface area contributed by atoms with E-state index in [9.17, 15) is 9.59 Å². The van der Waals surface area contributed by atoms with Crippen molar-refractivity contribution in [3.63, 3.8) is 0 Å². The first kappa shape index (κ1) is 18.4. The fourth-order valence-electron chi connectivity index (χ4n) is 3.26. The molecule has 2 N–H and O–H groups in total. The van der Waals surface area contributed by atoms with Gasteiger partial charge in [0, 0.05) is 24.5 Å². The van der Waals surface area contributed by atoms with Crippen molar-refractivity contribution in [2.24, 2.45) is 11.7 Å². The molecule has 1 fully saturated rings. The minimum Gasteiger partial charge on any atom is -0.337 e. The summed E-state index contributed by atoms with van der Waals surface area (Å²) in [6.07, 6.45) is 3.52. The zero-order chi connectivity index (χ0) is 16.4. The summed E-state index contributed by atoms with van der Waals surface area (Å²) in [6, 6.07) is 7.33. The van der Waals surface area contributed by atoms with E-state index in [1.807, 2.05) is 23.1 Å². The van der Waals surface area contributed by atoms with Gasteiger partial charge in [0.1, 0.15) is 6.54 Å². The van der Waals surface area contributed by atoms with E-state index in [1.165, 1.54) is 4.68 Å². The van der Waals surface area contributed by atoms with Crippen LogP contribution >= 0.6 is 12.4 Å². The van der Waals surface area contributed by atoms with Crippen LogP contribution in [-0.4, -0.2) is 39.7 Å². The Bertz CT molecular complexity index is 777. The monoisotopic (exact) mass is 350 g/mol. The van der Waals surface area contributed by atoms with Gasteiger partial charge in [0.15, 0.2) is 0 Å². The number of piperidine rings is 1. The van der Waals surface area contributed by atoms with Crippen LogP contribution in [0.2, 0.25) is 0 Å². The van der Waals surface area contributed by atoms with Gasteiger partial charge in [0.2, 0.25) is 5.91 Å². The molecule has 2 unspecified atom stereocenters. The van der Waals surface area contributed by atoms with Crippen molar-refractivity contribution < 1.29 is 4.79 Å². The van der Waals surface area contributed by atoms with Crippen LogP contribution in [0.5, 0.6) is 0 Å². The van der Waals surface area contributed by atoms with E-state index in [1.54, 1.807) is 12.3 Å². The van der Waals surface area contributed by atoms with Crippen LogP contribution < -0.4 is 11.3 Å². The molecule has 2 aromatic rings. The molecule has 1 aliphatic rings. The molecule has 0 saturated carbocycles. The second-order valence-electron chi connectivity index (χ2n) is 6.30. The van der Waals surface area contributed by atoms with Crippen molar-refractivity contribution in [2.75, 3.05) is 13.1 Å². The van der Waals surface area contributed by atoms with Crippen LogP contribution in [0.4, 0.5) is 0 Å². The maximum absolute atomic E-state index is 12.6. The van der Waals surface area contributed by atoms with Gasteiger partial charge < -0.3 is 10.6 Å². The SMILES string of the molecule is CC1CCN(C(=O)Cn2ncc3ccccc3c2=O)C(CN)C1.Cl. The van der Waals surface area contributed by atoms with Gasteiger partial charge >= 0.3 is 0 Å². The van der Waals surface area contributed by atoms with Crippen molar-refractivity contribution in [3.8, 4) is 0 Å². The molecule has 1 aromatic heterocycles. The van der Waals surface area contributed by atoms with Gasteiger partial charge in [-0.25, -0.2) is 4.68 Å². The standard InChI is InChI=1S/C17H22N4O2.ClH/c1-12-6-7-20(14(8-12)9-18)16(22)11-21-17(23)15-5-3-2-4-13(15)10-19-21;/h2-5,10,12,14H,6-9,11,18H2,1H3;1H. The third-order valence-electron chi connectivity index (χ3n) is 4.62. The highest BCUT2D eigenvalue weighted by Gasteiger charge is 2.29. The molecule has 3 rings (SSSR count). The molecular formula is C17H23ClN4O2. The lowest BCUT2D eigenvalue weighted by atomic mass is 9.92. The van der Waals surface area contributed by atoms with E-state index in [2.05, 4.69) is 12.0 Å². The van der Waals surface area contributed by atoms with E-state index in [0.717, 1.165) is 18.2 Å². The lowest BCUT2D eigenvalue weighted by Gasteiger charge is -2.38. The first-order valence-corrected chi connectivity index (χ1v) is 8.04. The maximum atomic E-state index is 12.6. The second kappa shape index (κ2) is 7.77. The largest absolute Gasteiger partial charge is 0.337 e. The number of benzene rings is 1. The highest BCUT2D eigenvalue weighted by atomic mass is 35.5. The van der Waals surface area contributed by atoms with E-state index in [4.69, 9.17) is 5.73 Å². The molecule has 0 spiro atoms. The van der Waals surface area contributed by atoms with Crippen LogP contribution in [-0.2, 0) is 11.3 Å². The summed E-state index contributed by atoms with van der Waals surface area (Å²) in [5, 5.41) is 5.50. The summed E-state index contributed by atoms with van der Waals surface area (Å²) < 4.78 is 1.25. The lowest BCUT2D eigenvalue weighted by Crippen LogP contribution is -2.50. The number of halogens is 1. The summed E-state index contributed by atoms with van der Waals surface area (Å²) in [7, 11) is 0. The minimum atomic E-state index is -0.230. The highest BCUT2D eigenvalue weighted by Crippen LogP contribution is 2.22. The Kier molecular flexibility index (Phi) is 5.96. The first-order chi connectivity index (χ1) is 11.1. The highest BCUT2D eigenvalue weighted by molar-refractivity contribution is 5.85. The molecule has 1 aromatic carbocycles.